The molecule has 0 aliphatic heterocycles. The second-order valence-electron chi connectivity index (χ2n) is 2.70. The Morgan fingerprint density at radius 2 is 2.46 bits per heavy atom. The Kier molecular flexibility index (Phi) is 3.89. The van der Waals surface area contributed by atoms with E-state index in [1.165, 1.54) is 6.26 Å². The summed E-state index contributed by atoms with van der Waals surface area (Å²) in [7, 11) is 1.78. The van der Waals surface area contributed by atoms with Crippen molar-refractivity contribution in [2.75, 3.05) is 25.6 Å². The maximum Gasteiger partial charge on any atom is 0.289 e. The standard InChI is InChI=1S/C9H13NO2S/c1-10(5-7-13-2)9(11)8-4-3-6-12-8/h3-4,6H,5,7H2,1-2H3. The van der Waals surface area contributed by atoms with Gasteiger partial charge in [0.15, 0.2) is 5.76 Å². The summed E-state index contributed by atoms with van der Waals surface area (Å²) in [4.78, 5) is 13.2. The fourth-order valence-electron chi connectivity index (χ4n) is 0.918. The summed E-state index contributed by atoms with van der Waals surface area (Å²) in [5.41, 5.74) is 0. The third-order valence-electron chi connectivity index (χ3n) is 1.71. The summed E-state index contributed by atoms with van der Waals surface area (Å²) >= 11 is 1.72. The van der Waals surface area contributed by atoms with E-state index in [0.29, 0.717) is 5.76 Å². The van der Waals surface area contributed by atoms with Crippen LogP contribution in [0.2, 0.25) is 0 Å². The van der Waals surface area contributed by atoms with Crippen LogP contribution in [0, 0.1) is 0 Å². The highest BCUT2D eigenvalue weighted by Gasteiger charge is 2.12. The van der Waals surface area contributed by atoms with E-state index < -0.39 is 0 Å². The van der Waals surface area contributed by atoms with Gasteiger partial charge in [-0.1, -0.05) is 0 Å². The smallest absolute Gasteiger partial charge is 0.289 e. The molecule has 0 atom stereocenters. The summed E-state index contributed by atoms with van der Waals surface area (Å²) in [6, 6.07) is 3.40. The predicted octanol–water partition coefficient (Wildman–Crippen LogP) is 1.71. The number of thioether (sulfide) groups is 1. The fraction of sp³-hybridized carbons (Fsp3) is 0.444. The van der Waals surface area contributed by atoms with Crippen molar-refractivity contribution in [1.82, 2.24) is 4.90 Å². The molecule has 0 aromatic carbocycles. The van der Waals surface area contributed by atoms with Crippen molar-refractivity contribution >= 4 is 17.7 Å². The number of amides is 1. The van der Waals surface area contributed by atoms with Crippen LogP contribution in [-0.2, 0) is 0 Å². The monoisotopic (exact) mass is 199 g/mol. The minimum Gasteiger partial charge on any atom is -0.459 e. The molecule has 1 aromatic heterocycles. The number of nitrogens with zero attached hydrogens (tertiary/aromatic N) is 1. The first-order chi connectivity index (χ1) is 6.25. The number of carbonyl (C=O) groups is 1. The van der Waals surface area contributed by atoms with Gasteiger partial charge in [0.2, 0.25) is 0 Å². The molecule has 0 radical (unpaired) electrons. The van der Waals surface area contributed by atoms with E-state index in [4.69, 9.17) is 4.42 Å². The minimum atomic E-state index is -0.0564. The highest BCUT2D eigenvalue weighted by Crippen LogP contribution is 2.04. The van der Waals surface area contributed by atoms with E-state index in [1.54, 1.807) is 35.8 Å². The summed E-state index contributed by atoms with van der Waals surface area (Å²) in [5.74, 6) is 1.30. The molecule has 0 aliphatic rings. The van der Waals surface area contributed by atoms with E-state index >= 15 is 0 Å². The van der Waals surface area contributed by atoms with Gasteiger partial charge in [-0.3, -0.25) is 4.79 Å². The molecular weight excluding hydrogens is 186 g/mol. The van der Waals surface area contributed by atoms with Gasteiger partial charge in [-0.25, -0.2) is 0 Å². The van der Waals surface area contributed by atoms with E-state index in [-0.39, 0.29) is 5.91 Å². The molecule has 0 saturated heterocycles. The Morgan fingerprint density at radius 1 is 1.69 bits per heavy atom. The molecule has 0 spiro atoms. The highest BCUT2D eigenvalue weighted by molar-refractivity contribution is 7.98. The van der Waals surface area contributed by atoms with Gasteiger partial charge in [0.1, 0.15) is 0 Å². The topological polar surface area (TPSA) is 33.5 Å². The molecule has 0 unspecified atom stereocenters. The van der Waals surface area contributed by atoms with Crippen LogP contribution in [0.5, 0.6) is 0 Å². The number of hydrogen-bond acceptors (Lipinski definition) is 3. The van der Waals surface area contributed by atoms with Gasteiger partial charge in [-0.2, -0.15) is 11.8 Å². The van der Waals surface area contributed by atoms with E-state index in [0.717, 1.165) is 12.3 Å². The maximum absolute atomic E-state index is 11.5. The van der Waals surface area contributed by atoms with E-state index in [9.17, 15) is 4.79 Å². The zero-order valence-corrected chi connectivity index (χ0v) is 8.63. The van der Waals surface area contributed by atoms with Crippen LogP contribution in [0.3, 0.4) is 0 Å². The van der Waals surface area contributed by atoms with Crippen molar-refractivity contribution in [3.8, 4) is 0 Å². The van der Waals surface area contributed by atoms with Crippen molar-refractivity contribution in [3.05, 3.63) is 24.2 Å². The first-order valence-corrected chi connectivity index (χ1v) is 5.43. The van der Waals surface area contributed by atoms with Gasteiger partial charge in [-0.15, -0.1) is 0 Å². The van der Waals surface area contributed by atoms with Crippen LogP contribution in [0.4, 0.5) is 0 Å². The molecular formula is C9H13NO2S. The number of rotatable bonds is 4. The molecule has 0 saturated carbocycles. The second kappa shape index (κ2) is 4.97. The average molecular weight is 199 g/mol. The first-order valence-electron chi connectivity index (χ1n) is 4.03. The normalized spacial score (nSPS) is 10.0. The van der Waals surface area contributed by atoms with Crippen molar-refractivity contribution in [2.24, 2.45) is 0 Å². The quantitative estimate of drug-likeness (QED) is 0.740. The number of carbonyl (C=O) groups excluding carboxylic acids is 1. The summed E-state index contributed by atoms with van der Waals surface area (Å²) < 4.78 is 5.00. The van der Waals surface area contributed by atoms with Crippen LogP contribution < -0.4 is 0 Å². The SMILES string of the molecule is CSCCN(C)C(=O)c1ccco1. The molecule has 13 heavy (non-hydrogen) atoms. The molecule has 0 bridgehead atoms. The largest absolute Gasteiger partial charge is 0.459 e. The molecule has 3 nitrogen and oxygen atoms in total. The Hall–Kier alpha value is -0.900. The summed E-state index contributed by atoms with van der Waals surface area (Å²) in [6.07, 6.45) is 3.53. The Balaban J connectivity index is 2.48. The molecule has 1 heterocycles. The van der Waals surface area contributed by atoms with Crippen LogP contribution in [0.1, 0.15) is 10.6 Å². The molecule has 0 fully saturated rings. The Morgan fingerprint density at radius 3 is 3.00 bits per heavy atom. The van der Waals surface area contributed by atoms with Crippen molar-refractivity contribution in [2.45, 2.75) is 0 Å². The molecule has 4 heteroatoms. The van der Waals surface area contributed by atoms with Gasteiger partial charge in [-0.05, 0) is 18.4 Å². The lowest BCUT2D eigenvalue weighted by Crippen LogP contribution is -2.28. The Bertz CT molecular complexity index is 259. The fourth-order valence-corrected chi connectivity index (χ4v) is 1.37. The average Bonchev–Trinajstić information content (AvgIpc) is 2.65. The van der Waals surface area contributed by atoms with Gasteiger partial charge < -0.3 is 9.32 Å². The molecule has 1 aromatic rings. The van der Waals surface area contributed by atoms with E-state index in [1.807, 2.05) is 6.26 Å². The molecule has 1 amide bonds. The van der Waals surface area contributed by atoms with Crippen molar-refractivity contribution in [1.29, 1.82) is 0 Å². The summed E-state index contributed by atoms with van der Waals surface area (Å²) in [6.45, 7) is 0.751. The zero-order valence-electron chi connectivity index (χ0n) is 7.82. The van der Waals surface area contributed by atoms with Crippen molar-refractivity contribution < 1.29 is 9.21 Å². The lowest BCUT2D eigenvalue weighted by molar-refractivity contribution is 0.0772. The Labute approximate surface area is 82.1 Å². The lowest BCUT2D eigenvalue weighted by atomic mass is 10.4. The van der Waals surface area contributed by atoms with Gasteiger partial charge in [0.05, 0.1) is 6.26 Å². The lowest BCUT2D eigenvalue weighted by Gasteiger charge is -2.14. The maximum atomic E-state index is 11.5. The van der Waals surface area contributed by atoms with Gasteiger partial charge in [0.25, 0.3) is 5.91 Å². The predicted molar refractivity (Wildman–Crippen MR) is 54.1 cm³/mol. The minimum absolute atomic E-state index is 0.0564. The second-order valence-corrected chi connectivity index (χ2v) is 3.68. The molecule has 0 N–H and O–H groups in total. The van der Waals surface area contributed by atoms with Crippen LogP contribution >= 0.6 is 11.8 Å². The first kappa shape index (κ1) is 10.2. The van der Waals surface area contributed by atoms with Crippen LogP contribution in [0.15, 0.2) is 22.8 Å². The zero-order chi connectivity index (χ0) is 9.68. The third kappa shape index (κ3) is 2.81. The van der Waals surface area contributed by atoms with Gasteiger partial charge >= 0.3 is 0 Å². The molecule has 0 aliphatic carbocycles. The third-order valence-corrected chi connectivity index (χ3v) is 2.30. The summed E-state index contributed by atoms with van der Waals surface area (Å²) in [5, 5.41) is 0. The molecule has 1 rings (SSSR count). The number of furan rings is 1. The van der Waals surface area contributed by atoms with Crippen LogP contribution in [-0.4, -0.2) is 36.4 Å². The highest BCUT2D eigenvalue weighted by atomic mass is 32.2. The van der Waals surface area contributed by atoms with Crippen LogP contribution in [0.25, 0.3) is 0 Å². The van der Waals surface area contributed by atoms with Crippen molar-refractivity contribution in [3.63, 3.8) is 0 Å². The van der Waals surface area contributed by atoms with E-state index in [2.05, 4.69) is 0 Å². The molecule has 72 valence electrons. The van der Waals surface area contributed by atoms with Gasteiger partial charge in [0, 0.05) is 19.3 Å². The number of hydrogen-bond donors (Lipinski definition) is 0.